The number of hydrogen-bond donors (Lipinski definition) is 1. The van der Waals surface area contributed by atoms with Crippen molar-refractivity contribution in [2.24, 2.45) is 0 Å². The summed E-state index contributed by atoms with van der Waals surface area (Å²) in [7, 11) is 0. The molecule has 0 fully saturated rings. The Balaban J connectivity index is 2.17. The molecule has 2 aromatic carbocycles. The molecule has 1 heterocycles. The third-order valence-corrected chi connectivity index (χ3v) is 4.11. The molecule has 0 unspecified atom stereocenters. The fraction of sp³-hybridized carbons (Fsp3) is 0.278. The van der Waals surface area contributed by atoms with E-state index < -0.39 is 0 Å². The van der Waals surface area contributed by atoms with Gasteiger partial charge in [0.25, 0.3) is 0 Å². The number of aromatic nitrogens is 2. The molecular weight excluding hydrogens is 276 g/mol. The van der Waals surface area contributed by atoms with E-state index in [-0.39, 0.29) is 5.41 Å². The molecule has 0 aliphatic rings. The molecule has 1 aromatic heterocycles. The molecule has 108 valence electrons. The minimum Gasteiger partial charge on any atom is -0.330 e. The van der Waals surface area contributed by atoms with Gasteiger partial charge in [0.2, 0.25) is 0 Å². The molecule has 0 saturated heterocycles. The summed E-state index contributed by atoms with van der Waals surface area (Å²) in [5.74, 6) is 0. The molecule has 21 heavy (non-hydrogen) atoms. The average molecular weight is 296 g/mol. The molecule has 0 aliphatic carbocycles. The van der Waals surface area contributed by atoms with Gasteiger partial charge in [0.05, 0.1) is 11.0 Å². The fourth-order valence-electron chi connectivity index (χ4n) is 2.59. The Morgan fingerprint density at radius 1 is 1.00 bits per heavy atom. The quantitative estimate of drug-likeness (QED) is 0.605. The van der Waals surface area contributed by atoms with Gasteiger partial charge in [-0.15, -0.1) is 0 Å². The highest BCUT2D eigenvalue weighted by atomic mass is 32.1. The molecule has 0 bridgehead atoms. The molecule has 3 rings (SSSR count). The standard InChI is InChI=1S/C18H20N2S/c1-12-5-10-16-15(11-12)19-17(21)20(16)14-8-6-13(7-9-14)18(2,3)4/h5-11H,1-4H3,(H,19,21). The normalized spacial score (nSPS) is 12.0. The van der Waals surface area contributed by atoms with Crippen LogP contribution in [0.15, 0.2) is 42.5 Å². The lowest BCUT2D eigenvalue weighted by atomic mass is 9.87. The molecular formula is C18H20N2S. The number of benzene rings is 2. The summed E-state index contributed by atoms with van der Waals surface area (Å²) in [6, 6.07) is 15.0. The van der Waals surface area contributed by atoms with E-state index in [1.165, 1.54) is 11.1 Å². The summed E-state index contributed by atoms with van der Waals surface area (Å²) in [6.45, 7) is 8.76. The number of aryl methyl sites for hydroxylation is 1. The van der Waals surface area contributed by atoms with E-state index in [4.69, 9.17) is 12.2 Å². The van der Waals surface area contributed by atoms with Crippen LogP contribution < -0.4 is 0 Å². The second-order valence-electron chi connectivity index (χ2n) is 6.58. The smallest absolute Gasteiger partial charge is 0.182 e. The summed E-state index contributed by atoms with van der Waals surface area (Å²) in [4.78, 5) is 3.29. The van der Waals surface area contributed by atoms with E-state index in [1.807, 2.05) is 0 Å². The molecule has 2 nitrogen and oxygen atoms in total. The molecule has 0 aliphatic heterocycles. The fourth-order valence-corrected chi connectivity index (χ4v) is 2.91. The number of rotatable bonds is 1. The summed E-state index contributed by atoms with van der Waals surface area (Å²) < 4.78 is 2.83. The summed E-state index contributed by atoms with van der Waals surface area (Å²) in [5, 5.41) is 0. The highest BCUT2D eigenvalue weighted by Gasteiger charge is 2.14. The van der Waals surface area contributed by atoms with Crippen LogP contribution in [0.2, 0.25) is 0 Å². The molecule has 0 amide bonds. The average Bonchev–Trinajstić information content (AvgIpc) is 2.73. The van der Waals surface area contributed by atoms with Crippen LogP contribution in [0.5, 0.6) is 0 Å². The van der Waals surface area contributed by atoms with Crippen molar-refractivity contribution in [1.29, 1.82) is 0 Å². The first kappa shape index (κ1) is 14.1. The van der Waals surface area contributed by atoms with Crippen molar-refractivity contribution in [3.8, 4) is 5.69 Å². The van der Waals surface area contributed by atoms with Gasteiger partial charge >= 0.3 is 0 Å². The van der Waals surface area contributed by atoms with Crippen LogP contribution in [0.1, 0.15) is 31.9 Å². The van der Waals surface area contributed by atoms with Gasteiger partial charge in [-0.2, -0.15) is 0 Å². The third kappa shape index (κ3) is 2.54. The topological polar surface area (TPSA) is 20.7 Å². The van der Waals surface area contributed by atoms with Gasteiger partial charge in [-0.3, -0.25) is 4.57 Å². The maximum absolute atomic E-state index is 5.49. The van der Waals surface area contributed by atoms with Crippen LogP contribution in [0.3, 0.4) is 0 Å². The van der Waals surface area contributed by atoms with Gasteiger partial charge in [-0.1, -0.05) is 39.0 Å². The Morgan fingerprint density at radius 3 is 2.29 bits per heavy atom. The summed E-state index contributed by atoms with van der Waals surface area (Å²) in [5.41, 5.74) is 6.02. The summed E-state index contributed by atoms with van der Waals surface area (Å²) >= 11 is 5.49. The van der Waals surface area contributed by atoms with Gasteiger partial charge in [-0.05, 0) is 59.9 Å². The zero-order valence-corrected chi connectivity index (χ0v) is 13.7. The number of nitrogens with zero attached hydrogens (tertiary/aromatic N) is 1. The third-order valence-electron chi connectivity index (χ3n) is 3.83. The van der Waals surface area contributed by atoms with E-state index in [1.54, 1.807) is 0 Å². The lowest BCUT2D eigenvalue weighted by molar-refractivity contribution is 0.590. The number of aromatic amines is 1. The number of H-pyrrole nitrogens is 1. The number of hydrogen-bond acceptors (Lipinski definition) is 1. The van der Waals surface area contributed by atoms with E-state index in [9.17, 15) is 0 Å². The number of fused-ring (bicyclic) bond motifs is 1. The minimum absolute atomic E-state index is 0.164. The Bertz CT molecular complexity index is 846. The maximum Gasteiger partial charge on any atom is 0.182 e. The number of imidazole rings is 1. The van der Waals surface area contributed by atoms with Gasteiger partial charge in [0, 0.05) is 5.69 Å². The van der Waals surface area contributed by atoms with Crippen LogP contribution in [0, 0.1) is 11.7 Å². The first-order valence-electron chi connectivity index (χ1n) is 7.18. The van der Waals surface area contributed by atoms with Crippen LogP contribution in [0.25, 0.3) is 16.7 Å². The Labute approximate surface area is 130 Å². The van der Waals surface area contributed by atoms with Crippen molar-refractivity contribution in [3.05, 3.63) is 58.4 Å². The van der Waals surface area contributed by atoms with Gasteiger partial charge < -0.3 is 4.98 Å². The molecule has 0 radical (unpaired) electrons. The van der Waals surface area contributed by atoms with E-state index in [0.29, 0.717) is 0 Å². The maximum atomic E-state index is 5.49. The SMILES string of the molecule is Cc1ccc2c(c1)[nH]c(=S)n2-c1ccc(C(C)(C)C)cc1. The van der Waals surface area contributed by atoms with Crippen LogP contribution in [-0.4, -0.2) is 9.55 Å². The molecule has 1 N–H and O–H groups in total. The predicted octanol–water partition coefficient (Wildman–Crippen LogP) is 5.29. The van der Waals surface area contributed by atoms with E-state index >= 15 is 0 Å². The lowest BCUT2D eigenvalue weighted by Crippen LogP contribution is -2.10. The van der Waals surface area contributed by atoms with Crippen molar-refractivity contribution in [3.63, 3.8) is 0 Å². The number of nitrogens with one attached hydrogen (secondary N) is 1. The van der Waals surface area contributed by atoms with Crippen molar-refractivity contribution in [1.82, 2.24) is 9.55 Å². The van der Waals surface area contributed by atoms with Gasteiger partial charge in [0.1, 0.15) is 0 Å². The first-order valence-corrected chi connectivity index (χ1v) is 7.59. The van der Waals surface area contributed by atoms with Crippen LogP contribution in [-0.2, 0) is 5.41 Å². The highest BCUT2D eigenvalue weighted by Crippen LogP contribution is 2.25. The van der Waals surface area contributed by atoms with Crippen molar-refractivity contribution in [2.75, 3.05) is 0 Å². The van der Waals surface area contributed by atoms with Crippen molar-refractivity contribution >= 4 is 23.3 Å². The lowest BCUT2D eigenvalue weighted by Gasteiger charge is -2.19. The van der Waals surface area contributed by atoms with Crippen molar-refractivity contribution in [2.45, 2.75) is 33.1 Å². The van der Waals surface area contributed by atoms with Gasteiger partial charge in [0.15, 0.2) is 4.77 Å². The molecule has 0 spiro atoms. The van der Waals surface area contributed by atoms with Crippen LogP contribution >= 0.6 is 12.2 Å². The van der Waals surface area contributed by atoms with Crippen molar-refractivity contribution < 1.29 is 0 Å². The zero-order chi connectivity index (χ0) is 15.2. The molecule has 3 heteroatoms. The monoisotopic (exact) mass is 296 g/mol. The second kappa shape index (κ2) is 4.85. The minimum atomic E-state index is 0.164. The largest absolute Gasteiger partial charge is 0.330 e. The second-order valence-corrected chi connectivity index (χ2v) is 6.97. The van der Waals surface area contributed by atoms with E-state index in [2.05, 4.69) is 79.7 Å². The molecule has 3 aromatic rings. The van der Waals surface area contributed by atoms with E-state index in [0.717, 1.165) is 21.5 Å². The van der Waals surface area contributed by atoms with Gasteiger partial charge in [-0.25, -0.2) is 0 Å². The summed E-state index contributed by atoms with van der Waals surface area (Å²) in [6.07, 6.45) is 0. The first-order chi connectivity index (χ1) is 9.86. The highest BCUT2D eigenvalue weighted by molar-refractivity contribution is 7.71. The molecule has 0 atom stereocenters. The Hall–Kier alpha value is -1.87. The Kier molecular flexibility index (Phi) is 3.25. The predicted molar refractivity (Wildman–Crippen MR) is 91.9 cm³/mol. The zero-order valence-electron chi connectivity index (χ0n) is 12.9. The Morgan fingerprint density at radius 2 is 1.67 bits per heavy atom. The molecule has 0 saturated carbocycles. The van der Waals surface area contributed by atoms with Crippen LogP contribution in [0.4, 0.5) is 0 Å².